The van der Waals surface area contributed by atoms with Crippen LogP contribution in [0.5, 0.6) is 5.75 Å². The average Bonchev–Trinajstić information content (AvgIpc) is 2.65. The van der Waals surface area contributed by atoms with Crippen LogP contribution in [-0.2, 0) is 0 Å². The number of likely N-dealkylation sites (N-methyl/N-ethyl adjacent to an activating group) is 1. The summed E-state index contributed by atoms with van der Waals surface area (Å²) in [6.07, 6.45) is 5.26. The van der Waals surface area contributed by atoms with Crippen LogP contribution in [-0.4, -0.2) is 47.8 Å². The number of aliphatic hydroxyl groups is 1. The van der Waals surface area contributed by atoms with Crippen LogP contribution in [0.4, 0.5) is 0 Å². The Hall–Kier alpha value is -1.18. The van der Waals surface area contributed by atoms with Gasteiger partial charge in [0, 0.05) is 30.3 Å². The number of methoxy groups -OCH3 is 1. The first-order valence-corrected chi connectivity index (χ1v) is 8.93. The SMILES string of the molecule is [2H]C([2H])([2H])Oc1ccc2nccc([C@H](O)[C@H]3C[C@@H]4CC[N@@+]3(C)C[C@@H]4C=C)c2c1.[I-]. The van der Waals surface area contributed by atoms with Crippen LogP contribution in [0.3, 0.4) is 0 Å². The molecule has 5 atom stereocenters. The molecule has 0 radical (unpaired) electrons. The number of hydrogen-bond donors (Lipinski definition) is 1. The van der Waals surface area contributed by atoms with Gasteiger partial charge >= 0.3 is 0 Å². The number of nitrogens with zero attached hydrogens (tertiary/aromatic N) is 2. The lowest BCUT2D eigenvalue weighted by molar-refractivity contribution is -0.956. The number of quaternary nitrogens is 1. The van der Waals surface area contributed by atoms with Gasteiger partial charge in [0.05, 0.1) is 36.8 Å². The molecule has 2 bridgehead atoms. The van der Waals surface area contributed by atoms with Crippen LogP contribution in [0.25, 0.3) is 10.9 Å². The summed E-state index contributed by atoms with van der Waals surface area (Å²) in [5.74, 6) is 1.34. The highest BCUT2D eigenvalue weighted by Gasteiger charge is 2.51. The van der Waals surface area contributed by atoms with E-state index < -0.39 is 13.1 Å². The van der Waals surface area contributed by atoms with Gasteiger partial charge in [-0.2, -0.15) is 0 Å². The number of ether oxygens (including phenoxy) is 1. The quantitative estimate of drug-likeness (QED) is 0.399. The highest BCUT2D eigenvalue weighted by atomic mass is 127. The molecular formula is C21H27IN2O2. The molecular weight excluding hydrogens is 439 g/mol. The second-order valence-corrected chi connectivity index (χ2v) is 7.76. The number of pyridine rings is 1. The zero-order chi connectivity index (χ0) is 20.1. The molecule has 1 aromatic carbocycles. The number of piperidine rings is 3. The number of halogens is 1. The van der Waals surface area contributed by atoms with Crippen molar-refractivity contribution in [3.63, 3.8) is 0 Å². The van der Waals surface area contributed by atoms with Gasteiger partial charge in [0.1, 0.15) is 17.9 Å². The van der Waals surface area contributed by atoms with E-state index in [9.17, 15) is 5.11 Å². The minimum Gasteiger partial charge on any atom is -1.00 e. The Kier molecular flexibility index (Phi) is 4.53. The molecule has 0 amide bonds. The Bertz CT molecular complexity index is 907. The van der Waals surface area contributed by atoms with Crippen molar-refractivity contribution in [2.24, 2.45) is 11.8 Å². The fraction of sp³-hybridized carbons (Fsp3) is 0.476. The minimum atomic E-state index is -2.51. The summed E-state index contributed by atoms with van der Waals surface area (Å²) in [5.41, 5.74) is 1.50. The molecule has 0 unspecified atom stereocenters. The standard InChI is InChI=1S/C21H27N2O2.HI/c1-4-14-13-23(2)10-8-15(14)11-20(23)21(24)17-7-9-22-19-6-5-16(25-3)12-18(17)19;/h4-7,9,12,14-15,20-21,24H,1,8,10-11,13H2,2-3H3;1H/q+1;/p-1/t14-,15-,20+,21-,23-;/m0./s1/i3D3;. The minimum absolute atomic E-state index is 0. The Labute approximate surface area is 176 Å². The summed E-state index contributed by atoms with van der Waals surface area (Å²) in [6, 6.07) is 6.96. The molecule has 3 aliphatic heterocycles. The van der Waals surface area contributed by atoms with Crippen molar-refractivity contribution >= 4 is 10.9 Å². The molecule has 3 aliphatic rings. The summed E-state index contributed by atoms with van der Waals surface area (Å²) >= 11 is 0. The van der Waals surface area contributed by atoms with Crippen molar-refractivity contribution in [2.45, 2.75) is 25.0 Å². The second kappa shape index (κ2) is 7.44. The molecule has 3 fully saturated rings. The van der Waals surface area contributed by atoms with Gasteiger partial charge in [0.15, 0.2) is 0 Å². The summed E-state index contributed by atoms with van der Waals surface area (Å²) in [6.45, 7) is 6.07. The third kappa shape index (κ3) is 3.14. The number of hydrogen-bond acceptors (Lipinski definition) is 3. The van der Waals surface area contributed by atoms with Gasteiger partial charge in [-0.3, -0.25) is 4.98 Å². The van der Waals surface area contributed by atoms with Crippen LogP contribution in [0.2, 0.25) is 0 Å². The molecule has 3 saturated heterocycles. The van der Waals surface area contributed by atoms with Gasteiger partial charge in [-0.1, -0.05) is 6.08 Å². The summed E-state index contributed by atoms with van der Waals surface area (Å²) in [5, 5.41) is 12.1. The van der Waals surface area contributed by atoms with E-state index in [0.29, 0.717) is 11.8 Å². The van der Waals surface area contributed by atoms with Crippen molar-refractivity contribution in [2.75, 3.05) is 27.2 Å². The van der Waals surface area contributed by atoms with Gasteiger partial charge < -0.3 is 38.3 Å². The summed E-state index contributed by atoms with van der Waals surface area (Å²) < 4.78 is 27.9. The molecule has 5 rings (SSSR count). The van der Waals surface area contributed by atoms with E-state index in [-0.39, 0.29) is 35.8 Å². The third-order valence-corrected chi connectivity index (χ3v) is 6.44. The largest absolute Gasteiger partial charge is 1.00 e. The maximum Gasteiger partial charge on any atom is 0.131 e. The molecule has 1 N–H and O–H groups in total. The molecule has 4 nitrogen and oxygen atoms in total. The summed E-state index contributed by atoms with van der Waals surface area (Å²) in [4.78, 5) is 4.37. The number of aliphatic hydroxyl groups excluding tert-OH is 1. The lowest BCUT2D eigenvalue weighted by Gasteiger charge is -2.56. The highest BCUT2D eigenvalue weighted by Crippen LogP contribution is 2.45. The number of benzene rings is 1. The Morgan fingerprint density at radius 2 is 2.31 bits per heavy atom. The molecule has 26 heavy (non-hydrogen) atoms. The van der Waals surface area contributed by atoms with Crippen molar-refractivity contribution in [1.82, 2.24) is 4.98 Å². The van der Waals surface area contributed by atoms with E-state index in [1.807, 2.05) is 6.07 Å². The third-order valence-electron chi connectivity index (χ3n) is 6.44. The van der Waals surface area contributed by atoms with E-state index >= 15 is 0 Å². The Balaban J connectivity index is 0.00000240. The molecule has 4 heterocycles. The zero-order valence-electron chi connectivity index (χ0n) is 17.9. The van der Waals surface area contributed by atoms with Crippen LogP contribution in [0.15, 0.2) is 43.1 Å². The van der Waals surface area contributed by atoms with Crippen LogP contribution < -0.4 is 28.7 Å². The predicted molar refractivity (Wildman–Crippen MR) is 99.4 cm³/mol. The van der Waals surface area contributed by atoms with Gasteiger partial charge in [-0.15, -0.1) is 6.58 Å². The van der Waals surface area contributed by atoms with Gasteiger partial charge in [0.2, 0.25) is 0 Å². The number of fused-ring (bicyclic) bond motifs is 4. The van der Waals surface area contributed by atoms with E-state index in [4.69, 9.17) is 8.85 Å². The van der Waals surface area contributed by atoms with Gasteiger partial charge in [0.25, 0.3) is 0 Å². The van der Waals surface area contributed by atoms with E-state index in [2.05, 4.69) is 24.7 Å². The van der Waals surface area contributed by atoms with Crippen molar-refractivity contribution in [3.8, 4) is 5.75 Å². The van der Waals surface area contributed by atoms with Gasteiger partial charge in [-0.25, -0.2) is 0 Å². The lowest BCUT2D eigenvalue weighted by Crippen LogP contribution is -3.00. The maximum absolute atomic E-state index is 11.4. The topological polar surface area (TPSA) is 42.4 Å². The van der Waals surface area contributed by atoms with E-state index in [0.717, 1.165) is 40.5 Å². The van der Waals surface area contributed by atoms with Crippen molar-refractivity contribution in [3.05, 3.63) is 48.7 Å². The molecule has 1 aromatic heterocycles. The molecule has 5 heteroatoms. The number of aromatic nitrogens is 1. The Morgan fingerprint density at radius 1 is 1.46 bits per heavy atom. The van der Waals surface area contributed by atoms with Crippen molar-refractivity contribution in [1.29, 1.82) is 0 Å². The Morgan fingerprint density at radius 3 is 3.04 bits per heavy atom. The lowest BCUT2D eigenvalue weighted by atomic mass is 9.72. The summed E-state index contributed by atoms with van der Waals surface area (Å²) in [7, 11) is -0.284. The van der Waals surface area contributed by atoms with Crippen LogP contribution in [0.1, 0.15) is 28.6 Å². The van der Waals surface area contributed by atoms with Crippen LogP contribution in [0, 0.1) is 11.8 Å². The normalized spacial score (nSPS) is 33.5. The number of rotatable bonds is 4. The smallest absolute Gasteiger partial charge is 0.131 e. The van der Waals surface area contributed by atoms with E-state index in [1.165, 1.54) is 6.42 Å². The molecule has 0 aliphatic carbocycles. The van der Waals surface area contributed by atoms with E-state index in [1.54, 1.807) is 24.4 Å². The first kappa shape index (κ1) is 15.8. The van der Waals surface area contributed by atoms with Crippen molar-refractivity contribution < 1.29 is 42.4 Å². The monoisotopic (exact) mass is 469 g/mol. The zero-order valence-corrected chi connectivity index (χ0v) is 17.1. The maximum atomic E-state index is 11.4. The molecule has 0 spiro atoms. The van der Waals surface area contributed by atoms with Crippen LogP contribution >= 0.6 is 0 Å². The average molecular weight is 469 g/mol. The second-order valence-electron chi connectivity index (χ2n) is 7.76. The molecule has 2 aromatic rings. The molecule has 0 saturated carbocycles. The fourth-order valence-corrected chi connectivity index (χ4v) is 4.97. The first-order chi connectivity index (χ1) is 13.2. The predicted octanol–water partition coefficient (Wildman–Crippen LogP) is 0.322. The highest BCUT2D eigenvalue weighted by molar-refractivity contribution is 5.83. The fourth-order valence-electron chi connectivity index (χ4n) is 4.97. The first-order valence-electron chi connectivity index (χ1n) is 10.4. The molecule has 140 valence electrons. The van der Waals surface area contributed by atoms with Gasteiger partial charge in [-0.05, 0) is 35.7 Å².